The van der Waals surface area contributed by atoms with Crippen molar-refractivity contribution in [2.24, 2.45) is 5.73 Å². The first-order chi connectivity index (χ1) is 8.22. The summed E-state index contributed by atoms with van der Waals surface area (Å²) in [6, 6.07) is 12.8. The summed E-state index contributed by atoms with van der Waals surface area (Å²) >= 11 is 0. The molecule has 0 aliphatic rings. The van der Waals surface area contributed by atoms with E-state index >= 15 is 0 Å². The van der Waals surface area contributed by atoms with Crippen LogP contribution in [0.25, 0.3) is 10.8 Å². The summed E-state index contributed by atoms with van der Waals surface area (Å²) in [6.45, 7) is 2.05. The lowest BCUT2D eigenvalue weighted by Gasteiger charge is -2.11. The second-order valence-corrected chi connectivity index (χ2v) is 4.49. The van der Waals surface area contributed by atoms with Crippen molar-refractivity contribution in [2.45, 2.75) is 25.8 Å². The molecule has 2 aromatic carbocycles. The second-order valence-electron chi connectivity index (χ2n) is 4.49. The molecule has 2 N–H and O–H groups in total. The molecule has 1 atom stereocenters. The number of benzene rings is 2. The lowest BCUT2D eigenvalue weighted by molar-refractivity contribution is 0.419. The van der Waals surface area contributed by atoms with Crippen molar-refractivity contribution < 1.29 is 4.74 Å². The molecule has 0 aromatic heterocycles. The van der Waals surface area contributed by atoms with Gasteiger partial charge >= 0.3 is 0 Å². The van der Waals surface area contributed by atoms with Crippen LogP contribution in [0.15, 0.2) is 36.4 Å². The molecule has 0 bridgehead atoms. The molecule has 0 saturated heterocycles. The monoisotopic (exact) mass is 229 g/mol. The third-order valence-electron chi connectivity index (χ3n) is 3.06. The normalized spacial score (nSPS) is 12.6. The van der Waals surface area contributed by atoms with Crippen molar-refractivity contribution >= 4 is 10.8 Å². The molecule has 0 spiro atoms. The zero-order valence-electron chi connectivity index (χ0n) is 10.4. The molecule has 0 aliphatic carbocycles. The number of rotatable bonds is 4. The molecule has 1 unspecified atom stereocenters. The van der Waals surface area contributed by atoms with Crippen LogP contribution < -0.4 is 10.5 Å². The van der Waals surface area contributed by atoms with Gasteiger partial charge in [-0.25, -0.2) is 0 Å². The minimum Gasteiger partial charge on any atom is -0.496 e. The van der Waals surface area contributed by atoms with Crippen LogP contribution in [0.1, 0.15) is 18.9 Å². The van der Waals surface area contributed by atoms with Crippen molar-refractivity contribution in [3.05, 3.63) is 42.0 Å². The summed E-state index contributed by atoms with van der Waals surface area (Å²) < 4.78 is 5.38. The molecule has 17 heavy (non-hydrogen) atoms. The highest BCUT2D eigenvalue weighted by Gasteiger charge is 2.06. The van der Waals surface area contributed by atoms with E-state index in [0.717, 1.165) is 18.6 Å². The number of hydrogen-bond acceptors (Lipinski definition) is 2. The van der Waals surface area contributed by atoms with Gasteiger partial charge < -0.3 is 10.5 Å². The quantitative estimate of drug-likeness (QED) is 0.874. The second kappa shape index (κ2) is 5.19. The smallest absolute Gasteiger partial charge is 0.126 e. The summed E-state index contributed by atoms with van der Waals surface area (Å²) in [5.41, 5.74) is 7.16. The van der Waals surface area contributed by atoms with Crippen molar-refractivity contribution in [1.29, 1.82) is 0 Å². The standard InChI is InChI=1S/C15H19NO/c1-11(16)7-8-12-9-10-15(17-2)14-6-4-3-5-13(12)14/h3-6,9-11H,7-8,16H2,1-2H3. The highest BCUT2D eigenvalue weighted by molar-refractivity contribution is 5.91. The Labute approximate surface area is 102 Å². The first-order valence-corrected chi connectivity index (χ1v) is 6.02. The van der Waals surface area contributed by atoms with Crippen molar-refractivity contribution in [3.63, 3.8) is 0 Å². The minimum absolute atomic E-state index is 0.246. The molecule has 0 heterocycles. The van der Waals surface area contributed by atoms with Gasteiger partial charge in [0.05, 0.1) is 7.11 Å². The van der Waals surface area contributed by atoms with Gasteiger partial charge in [0.2, 0.25) is 0 Å². The van der Waals surface area contributed by atoms with Gasteiger partial charge in [-0.05, 0) is 36.8 Å². The van der Waals surface area contributed by atoms with Gasteiger partial charge in [-0.2, -0.15) is 0 Å². The van der Waals surface area contributed by atoms with E-state index < -0.39 is 0 Å². The SMILES string of the molecule is COc1ccc(CCC(C)N)c2ccccc12. The molecule has 0 saturated carbocycles. The molecular formula is C15H19NO. The van der Waals surface area contributed by atoms with Crippen LogP contribution in [0.5, 0.6) is 5.75 Å². The fraction of sp³-hybridized carbons (Fsp3) is 0.333. The largest absolute Gasteiger partial charge is 0.496 e. The van der Waals surface area contributed by atoms with E-state index in [-0.39, 0.29) is 6.04 Å². The van der Waals surface area contributed by atoms with Gasteiger partial charge in [-0.3, -0.25) is 0 Å². The fourth-order valence-electron chi connectivity index (χ4n) is 2.11. The zero-order chi connectivity index (χ0) is 12.3. The summed E-state index contributed by atoms with van der Waals surface area (Å²) in [7, 11) is 1.71. The highest BCUT2D eigenvalue weighted by atomic mass is 16.5. The van der Waals surface area contributed by atoms with Crippen LogP contribution in [-0.2, 0) is 6.42 Å². The maximum atomic E-state index is 5.82. The Bertz CT molecular complexity index is 505. The number of aryl methyl sites for hydroxylation is 1. The average molecular weight is 229 g/mol. The minimum atomic E-state index is 0.246. The molecule has 0 amide bonds. The van der Waals surface area contributed by atoms with Crippen molar-refractivity contribution in [2.75, 3.05) is 7.11 Å². The Balaban J connectivity index is 2.43. The molecule has 90 valence electrons. The molecule has 0 aliphatic heterocycles. The Kier molecular flexibility index (Phi) is 3.64. The Morgan fingerprint density at radius 3 is 2.47 bits per heavy atom. The molecule has 0 fully saturated rings. The number of methoxy groups -OCH3 is 1. The fourth-order valence-corrected chi connectivity index (χ4v) is 2.11. The lowest BCUT2D eigenvalue weighted by Crippen LogP contribution is -2.15. The molecular weight excluding hydrogens is 210 g/mol. The third-order valence-corrected chi connectivity index (χ3v) is 3.06. The van der Waals surface area contributed by atoms with Crippen molar-refractivity contribution in [3.8, 4) is 5.75 Å². The zero-order valence-corrected chi connectivity index (χ0v) is 10.4. The van der Waals surface area contributed by atoms with E-state index in [0.29, 0.717) is 0 Å². The van der Waals surface area contributed by atoms with Crippen LogP contribution >= 0.6 is 0 Å². The molecule has 2 heteroatoms. The van der Waals surface area contributed by atoms with Crippen molar-refractivity contribution in [1.82, 2.24) is 0 Å². The van der Waals surface area contributed by atoms with Gasteiger partial charge in [0, 0.05) is 11.4 Å². The first kappa shape index (κ1) is 11.9. The highest BCUT2D eigenvalue weighted by Crippen LogP contribution is 2.28. The van der Waals surface area contributed by atoms with Crippen LogP contribution in [0.3, 0.4) is 0 Å². The van der Waals surface area contributed by atoms with Gasteiger partial charge in [-0.15, -0.1) is 0 Å². The van der Waals surface area contributed by atoms with E-state index in [1.54, 1.807) is 7.11 Å². The topological polar surface area (TPSA) is 35.2 Å². The number of ether oxygens (including phenoxy) is 1. The molecule has 2 nitrogen and oxygen atoms in total. The predicted molar refractivity (Wildman–Crippen MR) is 72.5 cm³/mol. The van der Waals surface area contributed by atoms with E-state index in [1.165, 1.54) is 16.3 Å². The average Bonchev–Trinajstić information content (AvgIpc) is 2.35. The number of hydrogen-bond donors (Lipinski definition) is 1. The summed E-state index contributed by atoms with van der Waals surface area (Å²) in [5, 5.41) is 2.45. The first-order valence-electron chi connectivity index (χ1n) is 6.02. The summed E-state index contributed by atoms with van der Waals surface area (Å²) in [5.74, 6) is 0.935. The lowest BCUT2D eigenvalue weighted by atomic mass is 9.99. The van der Waals surface area contributed by atoms with E-state index in [4.69, 9.17) is 10.5 Å². The maximum absolute atomic E-state index is 5.82. The van der Waals surface area contributed by atoms with E-state index in [9.17, 15) is 0 Å². The Morgan fingerprint density at radius 1 is 1.12 bits per heavy atom. The Hall–Kier alpha value is -1.54. The van der Waals surface area contributed by atoms with Crippen LogP contribution in [-0.4, -0.2) is 13.2 Å². The van der Waals surface area contributed by atoms with Gasteiger partial charge in [0.15, 0.2) is 0 Å². The summed E-state index contributed by atoms with van der Waals surface area (Å²) in [4.78, 5) is 0. The van der Waals surface area contributed by atoms with Gasteiger partial charge in [0.1, 0.15) is 5.75 Å². The predicted octanol–water partition coefficient (Wildman–Crippen LogP) is 3.13. The van der Waals surface area contributed by atoms with E-state index in [2.05, 4.69) is 24.3 Å². The molecule has 2 rings (SSSR count). The molecule has 2 aromatic rings. The van der Waals surface area contributed by atoms with Crippen LogP contribution in [0.4, 0.5) is 0 Å². The van der Waals surface area contributed by atoms with Crippen LogP contribution in [0.2, 0.25) is 0 Å². The van der Waals surface area contributed by atoms with Gasteiger partial charge in [0.25, 0.3) is 0 Å². The number of fused-ring (bicyclic) bond motifs is 1. The third kappa shape index (κ3) is 2.59. The maximum Gasteiger partial charge on any atom is 0.126 e. The van der Waals surface area contributed by atoms with Crippen LogP contribution in [0, 0.1) is 0 Å². The molecule has 0 radical (unpaired) electrons. The Morgan fingerprint density at radius 2 is 1.82 bits per heavy atom. The number of nitrogens with two attached hydrogens (primary N) is 1. The van der Waals surface area contributed by atoms with Gasteiger partial charge in [-0.1, -0.05) is 30.3 Å². The van der Waals surface area contributed by atoms with E-state index in [1.807, 2.05) is 19.1 Å². The summed E-state index contributed by atoms with van der Waals surface area (Å²) in [6.07, 6.45) is 2.03.